The fraction of sp³-hybridized carbons (Fsp3) is 0.400. The zero-order chi connectivity index (χ0) is 17.8. The van der Waals surface area contributed by atoms with E-state index in [4.69, 9.17) is 14.9 Å². The number of hydrogen-bond acceptors (Lipinski definition) is 5. The molecule has 4 N–H and O–H groups in total. The molecule has 0 aromatic heterocycles. The van der Waals surface area contributed by atoms with Gasteiger partial charge in [0.25, 0.3) is 0 Å². The Morgan fingerprint density at radius 3 is 2.00 bits per heavy atom. The molecule has 8 nitrogen and oxygen atoms in total. The summed E-state index contributed by atoms with van der Waals surface area (Å²) in [6.07, 6.45) is -2.82. The first-order valence-electron chi connectivity index (χ1n) is 6.75. The number of carbonyl (C=O) groups is 3. The lowest BCUT2D eigenvalue weighted by Crippen LogP contribution is -2.42. The number of alkyl carbamates (subject to hydrolysis) is 1. The summed E-state index contributed by atoms with van der Waals surface area (Å²) in [5.74, 6) is -2.68. The fourth-order valence-electron chi connectivity index (χ4n) is 1.75. The van der Waals surface area contributed by atoms with Gasteiger partial charge in [0.2, 0.25) is 0 Å². The Kier molecular flexibility index (Phi) is 5.69. The Morgan fingerprint density at radius 2 is 1.61 bits per heavy atom. The average molecular weight is 325 g/mol. The van der Waals surface area contributed by atoms with Gasteiger partial charge in [0, 0.05) is 0 Å². The Morgan fingerprint density at radius 1 is 1.09 bits per heavy atom. The normalized spacial score (nSPS) is 13.7. The summed E-state index contributed by atoms with van der Waals surface area (Å²) in [4.78, 5) is 33.7. The number of aliphatic hydroxyl groups excluding tert-OH is 1. The molecule has 0 spiro atoms. The molecule has 0 aliphatic rings. The maximum atomic E-state index is 11.8. The molecule has 0 aliphatic carbocycles. The van der Waals surface area contributed by atoms with Gasteiger partial charge in [-0.1, -0.05) is 12.1 Å². The van der Waals surface area contributed by atoms with Crippen LogP contribution in [0.4, 0.5) is 4.79 Å². The number of rotatable bonds is 5. The quantitative estimate of drug-likeness (QED) is 0.643. The first-order chi connectivity index (χ1) is 10.5. The van der Waals surface area contributed by atoms with E-state index < -0.39 is 35.8 Å². The van der Waals surface area contributed by atoms with Crippen LogP contribution in [0.15, 0.2) is 24.3 Å². The number of amides is 1. The molecule has 1 aromatic carbocycles. The largest absolute Gasteiger partial charge is 0.479 e. The van der Waals surface area contributed by atoms with Gasteiger partial charge in [0.1, 0.15) is 5.60 Å². The zero-order valence-electron chi connectivity index (χ0n) is 12.9. The van der Waals surface area contributed by atoms with Gasteiger partial charge in [-0.15, -0.1) is 0 Å². The number of carboxylic acid groups (broad SMARTS) is 2. The molecule has 1 rings (SSSR count). The number of hydrogen-bond donors (Lipinski definition) is 4. The number of aliphatic carboxylic acids is 1. The van der Waals surface area contributed by atoms with Gasteiger partial charge >= 0.3 is 18.0 Å². The van der Waals surface area contributed by atoms with E-state index in [1.807, 2.05) is 0 Å². The Labute approximate surface area is 132 Å². The van der Waals surface area contributed by atoms with Crippen molar-refractivity contribution in [1.29, 1.82) is 0 Å². The molecule has 126 valence electrons. The smallest absolute Gasteiger partial charge is 0.408 e. The van der Waals surface area contributed by atoms with E-state index in [0.717, 1.165) is 0 Å². The summed E-state index contributed by atoms with van der Waals surface area (Å²) >= 11 is 0. The van der Waals surface area contributed by atoms with Gasteiger partial charge in [-0.25, -0.2) is 14.4 Å². The fourth-order valence-corrected chi connectivity index (χ4v) is 1.75. The van der Waals surface area contributed by atoms with E-state index in [1.54, 1.807) is 20.8 Å². The van der Waals surface area contributed by atoms with E-state index in [1.165, 1.54) is 24.3 Å². The van der Waals surface area contributed by atoms with E-state index in [0.29, 0.717) is 0 Å². The molecule has 0 aliphatic heterocycles. The van der Waals surface area contributed by atoms with Crippen LogP contribution < -0.4 is 5.32 Å². The highest BCUT2D eigenvalue weighted by molar-refractivity contribution is 5.87. The minimum Gasteiger partial charge on any atom is -0.479 e. The number of carboxylic acids is 2. The minimum atomic E-state index is -1.92. The number of ether oxygens (including phenoxy) is 1. The molecule has 2 atom stereocenters. The highest BCUT2D eigenvalue weighted by Crippen LogP contribution is 2.19. The van der Waals surface area contributed by atoms with Crippen molar-refractivity contribution in [2.24, 2.45) is 0 Å². The predicted molar refractivity (Wildman–Crippen MR) is 79.2 cm³/mol. The average Bonchev–Trinajstić information content (AvgIpc) is 2.42. The van der Waals surface area contributed by atoms with Gasteiger partial charge < -0.3 is 25.4 Å². The van der Waals surface area contributed by atoms with Crippen molar-refractivity contribution in [2.75, 3.05) is 0 Å². The van der Waals surface area contributed by atoms with Crippen molar-refractivity contribution in [3.63, 3.8) is 0 Å². The molecule has 0 saturated carbocycles. The zero-order valence-corrected chi connectivity index (χ0v) is 12.9. The highest BCUT2D eigenvalue weighted by Gasteiger charge is 2.30. The molecule has 1 aromatic rings. The van der Waals surface area contributed by atoms with Crippen LogP contribution in [-0.2, 0) is 9.53 Å². The molecule has 0 radical (unpaired) electrons. The Bertz CT molecular complexity index is 589. The molecule has 0 bridgehead atoms. The van der Waals surface area contributed by atoms with Crippen LogP contribution in [0.2, 0.25) is 0 Å². The summed E-state index contributed by atoms with van der Waals surface area (Å²) in [5.41, 5.74) is -0.568. The maximum absolute atomic E-state index is 11.8. The molecule has 8 heteroatoms. The third-order valence-corrected chi connectivity index (χ3v) is 2.76. The monoisotopic (exact) mass is 325 g/mol. The molecule has 23 heavy (non-hydrogen) atoms. The van der Waals surface area contributed by atoms with Gasteiger partial charge in [-0.3, -0.25) is 0 Å². The van der Waals surface area contributed by atoms with E-state index >= 15 is 0 Å². The molecule has 0 saturated heterocycles. The first-order valence-corrected chi connectivity index (χ1v) is 6.75. The van der Waals surface area contributed by atoms with Gasteiger partial charge in [0.15, 0.2) is 6.10 Å². The first kappa shape index (κ1) is 18.4. The summed E-state index contributed by atoms with van der Waals surface area (Å²) < 4.78 is 5.03. The number of benzene rings is 1. The van der Waals surface area contributed by atoms with Crippen LogP contribution in [0.5, 0.6) is 0 Å². The van der Waals surface area contributed by atoms with Crippen molar-refractivity contribution in [2.45, 2.75) is 38.5 Å². The van der Waals surface area contributed by atoms with Crippen LogP contribution in [0.1, 0.15) is 42.7 Å². The second kappa shape index (κ2) is 7.10. The summed E-state index contributed by atoms with van der Waals surface area (Å²) in [6.45, 7) is 4.91. The molecular weight excluding hydrogens is 306 g/mol. The Hall–Kier alpha value is -2.61. The highest BCUT2D eigenvalue weighted by atomic mass is 16.6. The molecular formula is C15H19NO7. The predicted octanol–water partition coefficient (Wildman–Crippen LogP) is 1.40. The summed E-state index contributed by atoms with van der Waals surface area (Å²) in [5, 5.41) is 29.9. The summed E-state index contributed by atoms with van der Waals surface area (Å²) in [6, 6.07) is 3.84. The lowest BCUT2D eigenvalue weighted by atomic mass is 10.00. The topological polar surface area (TPSA) is 133 Å². The number of nitrogens with one attached hydrogen (secondary N) is 1. The van der Waals surface area contributed by atoms with Crippen LogP contribution in [-0.4, -0.2) is 45.1 Å². The lowest BCUT2D eigenvalue weighted by molar-refractivity contribution is -0.148. The van der Waals surface area contributed by atoms with Gasteiger partial charge in [-0.2, -0.15) is 0 Å². The summed E-state index contributed by atoms with van der Waals surface area (Å²) in [7, 11) is 0. The van der Waals surface area contributed by atoms with Crippen LogP contribution in [0, 0.1) is 0 Å². The van der Waals surface area contributed by atoms with Gasteiger partial charge in [-0.05, 0) is 38.5 Å². The standard InChI is InChI=1S/C15H19NO7/c1-15(2,3)23-14(22)16-10(11(17)13(20)21)8-4-6-9(7-5-8)12(18)19/h4-7,10-11,17H,1-3H3,(H,16,22)(H,18,19)(H,20,21)/t10-,11+/m0/s1. The van der Waals surface area contributed by atoms with E-state index in [9.17, 15) is 19.5 Å². The Balaban J connectivity index is 3.03. The molecule has 0 fully saturated rings. The molecule has 0 unspecified atom stereocenters. The third kappa shape index (κ3) is 5.59. The van der Waals surface area contributed by atoms with Crippen LogP contribution >= 0.6 is 0 Å². The number of carbonyl (C=O) groups excluding carboxylic acids is 1. The van der Waals surface area contributed by atoms with E-state index in [-0.39, 0.29) is 11.1 Å². The van der Waals surface area contributed by atoms with Crippen molar-refractivity contribution in [3.8, 4) is 0 Å². The van der Waals surface area contributed by atoms with Crippen LogP contribution in [0.25, 0.3) is 0 Å². The molecule has 1 amide bonds. The second-order valence-electron chi connectivity index (χ2n) is 5.83. The van der Waals surface area contributed by atoms with Crippen molar-refractivity contribution >= 4 is 18.0 Å². The number of aromatic carboxylic acids is 1. The number of aliphatic hydroxyl groups is 1. The molecule has 0 heterocycles. The van der Waals surface area contributed by atoms with E-state index in [2.05, 4.69) is 5.32 Å². The maximum Gasteiger partial charge on any atom is 0.408 e. The lowest BCUT2D eigenvalue weighted by Gasteiger charge is -2.25. The minimum absolute atomic E-state index is 0.00502. The van der Waals surface area contributed by atoms with Crippen LogP contribution in [0.3, 0.4) is 0 Å². The third-order valence-electron chi connectivity index (χ3n) is 2.76. The van der Waals surface area contributed by atoms with Crippen molar-refractivity contribution in [1.82, 2.24) is 5.32 Å². The van der Waals surface area contributed by atoms with Gasteiger partial charge in [0.05, 0.1) is 11.6 Å². The second-order valence-corrected chi connectivity index (χ2v) is 5.83. The van der Waals surface area contributed by atoms with Crippen molar-refractivity contribution in [3.05, 3.63) is 35.4 Å². The SMILES string of the molecule is CC(C)(C)OC(=O)N[C@@H](c1ccc(C(=O)O)cc1)[C@@H](O)C(=O)O. The van der Waals surface area contributed by atoms with Crippen molar-refractivity contribution < 1.29 is 34.4 Å².